The number of hydrogen-bond acceptors (Lipinski definition) is 9. The number of hydrogen-bond donors (Lipinski definition) is 3. The number of halogens is 1. The van der Waals surface area contributed by atoms with Crippen molar-refractivity contribution in [1.82, 2.24) is 30.2 Å². The highest BCUT2D eigenvalue weighted by Crippen LogP contribution is 2.35. The first-order valence-electron chi connectivity index (χ1n) is 13.5. The number of carbonyl (C=O) groups excluding carboxylic acids is 1. The number of aromatic amines is 1. The van der Waals surface area contributed by atoms with E-state index in [1.807, 2.05) is 50.2 Å². The van der Waals surface area contributed by atoms with Crippen LogP contribution in [0.4, 0.5) is 16.0 Å². The summed E-state index contributed by atoms with van der Waals surface area (Å²) in [5.74, 6) is 0.975. The van der Waals surface area contributed by atoms with Crippen molar-refractivity contribution in [2.75, 3.05) is 52.8 Å². The Bertz CT molecular complexity index is 1520. The fourth-order valence-electron chi connectivity index (χ4n) is 4.40. The van der Waals surface area contributed by atoms with Crippen molar-refractivity contribution in [3.8, 4) is 28.4 Å². The van der Waals surface area contributed by atoms with Gasteiger partial charge in [0.1, 0.15) is 11.6 Å². The highest BCUT2D eigenvalue weighted by molar-refractivity contribution is 5.82. The van der Waals surface area contributed by atoms with E-state index < -0.39 is 11.7 Å². The molecule has 220 valence electrons. The molecule has 5 rings (SSSR count). The van der Waals surface area contributed by atoms with E-state index in [0.29, 0.717) is 46.7 Å². The van der Waals surface area contributed by atoms with E-state index in [2.05, 4.69) is 20.6 Å². The van der Waals surface area contributed by atoms with Gasteiger partial charge in [0.2, 0.25) is 18.1 Å². The van der Waals surface area contributed by atoms with Crippen molar-refractivity contribution in [2.45, 2.75) is 13.2 Å². The number of imidazole rings is 1. The van der Waals surface area contributed by atoms with Gasteiger partial charge in [-0.25, -0.2) is 19.3 Å². The monoisotopic (exact) mass is 575 g/mol. The minimum atomic E-state index is -0.842. The van der Waals surface area contributed by atoms with Crippen LogP contribution in [0.3, 0.4) is 0 Å². The Hall–Kier alpha value is -4.39. The number of anilines is 2. The highest BCUT2D eigenvalue weighted by atomic mass is 19.1. The van der Waals surface area contributed by atoms with Crippen LogP contribution >= 0.6 is 0 Å². The lowest BCUT2D eigenvalue weighted by atomic mass is 9.91. The van der Waals surface area contributed by atoms with E-state index in [9.17, 15) is 9.18 Å². The van der Waals surface area contributed by atoms with Crippen molar-refractivity contribution in [3.63, 3.8) is 0 Å². The number of ether oxygens (including phenoxy) is 3. The molecule has 0 unspecified atom stereocenters. The van der Waals surface area contributed by atoms with E-state index in [4.69, 9.17) is 24.2 Å². The second-order valence-electron chi connectivity index (χ2n) is 10.5. The first-order chi connectivity index (χ1) is 20.2. The summed E-state index contributed by atoms with van der Waals surface area (Å²) in [4.78, 5) is 31.9. The van der Waals surface area contributed by atoms with Crippen molar-refractivity contribution >= 4 is 17.5 Å². The summed E-state index contributed by atoms with van der Waals surface area (Å²) in [6, 6.07) is 15.2. The molecule has 1 fully saturated rings. The molecule has 0 saturated carbocycles. The molecule has 1 aliphatic heterocycles. The maximum atomic E-state index is 13.7. The minimum absolute atomic E-state index is 0.132. The van der Waals surface area contributed by atoms with Crippen LogP contribution in [0.15, 0.2) is 60.8 Å². The molecule has 3 N–H and O–H groups in total. The second kappa shape index (κ2) is 12.6. The zero-order valence-electron chi connectivity index (χ0n) is 24.0. The molecule has 0 radical (unpaired) electrons. The zero-order chi connectivity index (χ0) is 29.7. The summed E-state index contributed by atoms with van der Waals surface area (Å²) in [5, 5.41) is 6.14. The Kier molecular flexibility index (Phi) is 8.76. The van der Waals surface area contributed by atoms with Gasteiger partial charge < -0.3 is 34.7 Å². The average molecular weight is 576 g/mol. The van der Waals surface area contributed by atoms with E-state index in [1.165, 1.54) is 12.1 Å². The lowest BCUT2D eigenvalue weighted by Crippen LogP contribution is -2.49. The van der Waals surface area contributed by atoms with Gasteiger partial charge >= 0.3 is 0 Å². The van der Waals surface area contributed by atoms with Crippen LogP contribution in [0.2, 0.25) is 0 Å². The number of H-pyrrole nitrogens is 1. The highest BCUT2D eigenvalue weighted by Gasteiger charge is 2.40. The fraction of sp³-hybridized carbons (Fsp3) is 0.333. The van der Waals surface area contributed by atoms with Gasteiger partial charge in [-0.3, -0.25) is 4.79 Å². The molecule has 1 amide bonds. The summed E-state index contributed by atoms with van der Waals surface area (Å²) >= 11 is 0. The molecule has 0 bridgehead atoms. The fourth-order valence-corrected chi connectivity index (χ4v) is 4.40. The van der Waals surface area contributed by atoms with Gasteiger partial charge in [0.25, 0.3) is 0 Å². The van der Waals surface area contributed by atoms with Gasteiger partial charge in [0, 0.05) is 36.6 Å². The maximum Gasteiger partial charge on any atom is 0.230 e. The molecule has 4 aromatic rings. The number of carbonyl (C=O) groups is 1. The summed E-state index contributed by atoms with van der Waals surface area (Å²) in [7, 11) is 5.50. The molecule has 0 aliphatic carbocycles. The topological polar surface area (TPSA) is 127 Å². The summed E-state index contributed by atoms with van der Waals surface area (Å²) < 4.78 is 31.1. The van der Waals surface area contributed by atoms with E-state index in [1.54, 1.807) is 31.5 Å². The van der Waals surface area contributed by atoms with Gasteiger partial charge in [-0.1, -0.05) is 6.07 Å². The number of likely N-dealkylation sites (N-methyl/N-ethyl adjacent to an activating group) is 1. The van der Waals surface area contributed by atoms with Crippen LogP contribution in [-0.2, 0) is 14.3 Å². The number of nitrogens with zero attached hydrogens (tertiary/aromatic N) is 4. The zero-order valence-corrected chi connectivity index (χ0v) is 24.0. The molecule has 0 atom stereocenters. The Balaban J connectivity index is 1.39. The van der Waals surface area contributed by atoms with Gasteiger partial charge in [0.05, 0.1) is 42.8 Å². The van der Waals surface area contributed by atoms with Crippen LogP contribution < -0.4 is 15.4 Å². The largest absolute Gasteiger partial charge is 0.497 e. The first-order valence-corrected chi connectivity index (χ1v) is 13.5. The normalized spacial score (nSPS) is 18.6. The molecule has 42 heavy (non-hydrogen) atoms. The number of methoxy groups -OCH3 is 1. The second-order valence-corrected chi connectivity index (χ2v) is 10.5. The molecule has 11 nitrogen and oxygen atoms in total. The van der Waals surface area contributed by atoms with Crippen LogP contribution in [0, 0.1) is 11.2 Å². The first kappa shape index (κ1) is 29.1. The molecule has 1 saturated heterocycles. The molecular formula is C30H34FN7O4. The Labute approximate surface area is 243 Å². The average Bonchev–Trinajstić information content (AvgIpc) is 3.43. The third kappa shape index (κ3) is 6.73. The van der Waals surface area contributed by atoms with Crippen molar-refractivity contribution in [1.29, 1.82) is 0 Å². The number of rotatable bonds is 10. The van der Waals surface area contributed by atoms with E-state index in [-0.39, 0.29) is 24.9 Å². The standard InChI is InChI=1S/C30H34FN7O4/c1-30(28(39)32-14-15-38(2)3)17-41-27(42-18-30)26-36-24(19-8-10-20(31)11-9-19)25(37-26)23-12-13-33-29(35-23)34-21-6-5-7-22(16-21)40-4/h5-13,16,27H,14-15,17-18H2,1-4H3,(H,32,39)(H,36,37)(H,33,34,35). The Morgan fingerprint density at radius 1 is 1.14 bits per heavy atom. The van der Waals surface area contributed by atoms with E-state index >= 15 is 0 Å². The molecule has 0 spiro atoms. The van der Waals surface area contributed by atoms with Crippen molar-refractivity contribution < 1.29 is 23.4 Å². The van der Waals surface area contributed by atoms with Crippen LogP contribution in [-0.4, -0.2) is 78.3 Å². The van der Waals surface area contributed by atoms with E-state index in [0.717, 1.165) is 12.2 Å². The Morgan fingerprint density at radius 3 is 2.62 bits per heavy atom. The third-order valence-electron chi connectivity index (χ3n) is 6.80. The molecular weight excluding hydrogens is 541 g/mol. The molecule has 1 aliphatic rings. The maximum absolute atomic E-state index is 13.7. The van der Waals surface area contributed by atoms with Crippen molar-refractivity contribution in [2.24, 2.45) is 5.41 Å². The molecule has 2 aromatic heterocycles. The van der Waals surface area contributed by atoms with Gasteiger partial charge in [0.15, 0.2) is 5.82 Å². The lowest BCUT2D eigenvalue weighted by molar-refractivity contribution is -0.231. The molecule has 2 aromatic carbocycles. The summed E-state index contributed by atoms with van der Waals surface area (Å²) in [6.45, 7) is 3.36. The third-order valence-corrected chi connectivity index (χ3v) is 6.80. The quantitative estimate of drug-likeness (QED) is 0.256. The van der Waals surface area contributed by atoms with Crippen LogP contribution in [0.5, 0.6) is 5.75 Å². The number of amides is 1. The number of nitrogens with one attached hydrogen (secondary N) is 3. The summed E-state index contributed by atoms with van der Waals surface area (Å²) in [6.07, 6.45) is 0.796. The van der Waals surface area contributed by atoms with Gasteiger partial charge in [-0.05, 0) is 63.5 Å². The smallest absolute Gasteiger partial charge is 0.230 e. The Morgan fingerprint density at radius 2 is 1.90 bits per heavy atom. The molecule has 3 heterocycles. The van der Waals surface area contributed by atoms with Gasteiger partial charge in [-0.15, -0.1) is 0 Å². The predicted molar refractivity (Wildman–Crippen MR) is 156 cm³/mol. The predicted octanol–water partition coefficient (Wildman–Crippen LogP) is 4.15. The number of aromatic nitrogens is 4. The van der Waals surface area contributed by atoms with Gasteiger partial charge in [-0.2, -0.15) is 0 Å². The molecule has 12 heteroatoms. The SMILES string of the molecule is COc1cccc(Nc2nccc(-c3[nH]c(C4OCC(C)(C(=O)NCCN(C)C)CO4)nc3-c3ccc(F)cc3)n2)c1. The number of benzene rings is 2. The lowest BCUT2D eigenvalue weighted by Gasteiger charge is -2.35. The van der Waals surface area contributed by atoms with Crippen LogP contribution in [0.25, 0.3) is 22.6 Å². The van der Waals surface area contributed by atoms with Crippen LogP contribution in [0.1, 0.15) is 19.0 Å². The summed E-state index contributed by atoms with van der Waals surface area (Å²) in [5.41, 5.74) is 2.26. The van der Waals surface area contributed by atoms with Crippen molar-refractivity contribution in [3.05, 3.63) is 72.4 Å². The minimum Gasteiger partial charge on any atom is -0.497 e.